The minimum Gasteiger partial charge on any atom is -0.490 e. The van der Waals surface area contributed by atoms with Gasteiger partial charge in [0.2, 0.25) is 5.91 Å². The summed E-state index contributed by atoms with van der Waals surface area (Å²) < 4.78 is 21.5. The SMILES string of the molecule is CCOC(=O)c1c(NC(=O)/C=C/c2ccc(OCC)c(OCC)c2)sc(C(=O)OC(C)C)c1C. The van der Waals surface area contributed by atoms with Gasteiger partial charge < -0.3 is 24.3 Å². The number of carbonyl (C=O) groups excluding carboxylic acids is 3. The fourth-order valence-electron chi connectivity index (χ4n) is 3.01. The van der Waals surface area contributed by atoms with E-state index in [1.807, 2.05) is 13.8 Å². The first-order valence-electron chi connectivity index (χ1n) is 11.1. The minimum absolute atomic E-state index is 0.143. The van der Waals surface area contributed by atoms with Crippen molar-refractivity contribution in [3.63, 3.8) is 0 Å². The third kappa shape index (κ3) is 7.08. The smallest absolute Gasteiger partial charge is 0.348 e. The normalized spacial score (nSPS) is 10.9. The summed E-state index contributed by atoms with van der Waals surface area (Å²) >= 11 is 0.979. The van der Waals surface area contributed by atoms with Gasteiger partial charge in [-0.05, 0) is 70.9 Å². The van der Waals surface area contributed by atoms with Crippen molar-refractivity contribution in [3.05, 3.63) is 45.8 Å². The summed E-state index contributed by atoms with van der Waals surface area (Å²) in [5.74, 6) is -0.440. The summed E-state index contributed by atoms with van der Waals surface area (Å²) in [5, 5.41) is 2.91. The molecule has 1 N–H and O–H groups in total. The summed E-state index contributed by atoms with van der Waals surface area (Å²) in [6.45, 7) is 11.7. The van der Waals surface area contributed by atoms with Crippen LogP contribution in [0.2, 0.25) is 0 Å². The van der Waals surface area contributed by atoms with E-state index in [4.69, 9.17) is 18.9 Å². The molecule has 0 aliphatic carbocycles. The second-order valence-corrected chi connectivity index (χ2v) is 8.35. The zero-order valence-corrected chi connectivity index (χ0v) is 21.2. The molecule has 0 bridgehead atoms. The molecule has 1 aromatic carbocycles. The van der Waals surface area contributed by atoms with Gasteiger partial charge in [-0.1, -0.05) is 6.07 Å². The van der Waals surface area contributed by atoms with Crippen LogP contribution in [0.4, 0.5) is 5.00 Å². The molecule has 2 aromatic rings. The van der Waals surface area contributed by atoms with Crippen molar-refractivity contribution in [2.24, 2.45) is 0 Å². The van der Waals surface area contributed by atoms with E-state index in [1.54, 1.807) is 52.0 Å². The summed E-state index contributed by atoms with van der Waals surface area (Å²) in [5.41, 5.74) is 1.28. The zero-order valence-electron chi connectivity index (χ0n) is 20.4. The number of ether oxygens (including phenoxy) is 4. The first kappa shape index (κ1) is 26.9. The molecule has 0 spiro atoms. The number of esters is 2. The number of thiophene rings is 1. The van der Waals surface area contributed by atoms with E-state index in [1.165, 1.54) is 6.08 Å². The molecular formula is C25H31NO7S. The lowest BCUT2D eigenvalue weighted by atomic mass is 10.1. The molecule has 1 amide bonds. The van der Waals surface area contributed by atoms with E-state index < -0.39 is 17.8 Å². The van der Waals surface area contributed by atoms with Gasteiger partial charge in [0, 0.05) is 6.08 Å². The molecule has 34 heavy (non-hydrogen) atoms. The number of nitrogens with one attached hydrogen (secondary N) is 1. The van der Waals surface area contributed by atoms with Crippen LogP contribution in [0.3, 0.4) is 0 Å². The van der Waals surface area contributed by atoms with E-state index in [9.17, 15) is 14.4 Å². The summed E-state index contributed by atoms with van der Waals surface area (Å²) in [6.07, 6.45) is 2.63. The number of rotatable bonds is 11. The molecular weight excluding hydrogens is 458 g/mol. The van der Waals surface area contributed by atoms with Gasteiger partial charge in [-0.2, -0.15) is 0 Å². The molecule has 0 radical (unpaired) electrons. The Kier molecular flexibility index (Phi) is 10.1. The molecule has 184 valence electrons. The van der Waals surface area contributed by atoms with E-state index >= 15 is 0 Å². The van der Waals surface area contributed by atoms with Gasteiger partial charge in [-0.25, -0.2) is 9.59 Å². The van der Waals surface area contributed by atoms with Crippen LogP contribution < -0.4 is 14.8 Å². The van der Waals surface area contributed by atoms with E-state index in [2.05, 4.69) is 5.32 Å². The third-order valence-corrected chi connectivity index (χ3v) is 5.57. The van der Waals surface area contributed by atoms with E-state index in [0.717, 1.165) is 16.9 Å². The molecule has 0 atom stereocenters. The van der Waals surface area contributed by atoms with Crippen molar-refractivity contribution in [2.45, 2.75) is 47.6 Å². The summed E-state index contributed by atoms with van der Waals surface area (Å²) in [6, 6.07) is 5.36. The van der Waals surface area contributed by atoms with Crippen LogP contribution in [0.5, 0.6) is 11.5 Å². The van der Waals surface area contributed by atoms with Gasteiger partial charge in [-0.15, -0.1) is 11.3 Å². The molecule has 0 saturated heterocycles. The van der Waals surface area contributed by atoms with Crippen LogP contribution >= 0.6 is 11.3 Å². The predicted octanol–water partition coefficient (Wildman–Crippen LogP) is 5.25. The van der Waals surface area contributed by atoms with Gasteiger partial charge in [0.15, 0.2) is 11.5 Å². The lowest BCUT2D eigenvalue weighted by Gasteiger charge is -2.11. The topological polar surface area (TPSA) is 100 Å². The lowest BCUT2D eigenvalue weighted by Crippen LogP contribution is -2.13. The Labute approximate surface area is 203 Å². The largest absolute Gasteiger partial charge is 0.490 e. The average molecular weight is 490 g/mol. The monoisotopic (exact) mass is 489 g/mol. The Balaban J connectivity index is 2.29. The van der Waals surface area contributed by atoms with Crippen molar-refractivity contribution in [1.82, 2.24) is 0 Å². The molecule has 1 aromatic heterocycles. The predicted molar refractivity (Wildman–Crippen MR) is 132 cm³/mol. The fourth-order valence-corrected chi connectivity index (χ4v) is 4.09. The molecule has 8 nitrogen and oxygen atoms in total. The van der Waals surface area contributed by atoms with Crippen molar-refractivity contribution in [2.75, 3.05) is 25.1 Å². The maximum Gasteiger partial charge on any atom is 0.348 e. The first-order chi connectivity index (χ1) is 16.2. The molecule has 0 unspecified atom stereocenters. The number of benzene rings is 1. The average Bonchev–Trinajstić information content (AvgIpc) is 3.09. The standard InChI is InChI=1S/C25H31NO7S/c1-7-30-18-12-10-17(14-19(18)31-8-2)11-13-20(27)26-23-21(24(28)32-9-3)16(6)22(34-23)25(29)33-15(4)5/h10-15H,7-9H2,1-6H3,(H,26,27)/b13-11+. The first-order valence-corrected chi connectivity index (χ1v) is 11.9. The molecule has 2 rings (SSSR count). The van der Waals surface area contributed by atoms with Gasteiger partial charge in [0.1, 0.15) is 9.88 Å². The number of amides is 1. The van der Waals surface area contributed by atoms with Crippen LogP contribution in [-0.2, 0) is 14.3 Å². The molecule has 9 heteroatoms. The molecule has 1 heterocycles. The van der Waals surface area contributed by atoms with Crippen molar-refractivity contribution in [3.8, 4) is 11.5 Å². The highest BCUT2D eigenvalue weighted by Gasteiger charge is 2.27. The highest BCUT2D eigenvalue weighted by atomic mass is 32.1. The molecule has 0 saturated carbocycles. The van der Waals surface area contributed by atoms with Gasteiger partial charge in [-0.3, -0.25) is 4.79 Å². The quantitative estimate of drug-likeness (QED) is 0.340. The maximum atomic E-state index is 12.7. The second-order valence-electron chi connectivity index (χ2n) is 7.33. The Morgan fingerprint density at radius 2 is 1.68 bits per heavy atom. The highest BCUT2D eigenvalue weighted by Crippen LogP contribution is 2.35. The minimum atomic E-state index is -0.619. The van der Waals surface area contributed by atoms with Crippen LogP contribution in [-0.4, -0.2) is 43.8 Å². The lowest BCUT2D eigenvalue weighted by molar-refractivity contribution is -0.111. The highest BCUT2D eigenvalue weighted by molar-refractivity contribution is 7.18. The number of anilines is 1. The van der Waals surface area contributed by atoms with E-state index in [0.29, 0.717) is 30.3 Å². The molecule has 0 aliphatic heterocycles. The Hall–Kier alpha value is -3.33. The van der Waals surface area contributed by atoms with Crippen molar-refractivity contribution in [1.29, 1.82) is 0 Å². The van der Waals surface area contributed by atoms with Gasteiger partial charge in [0.25, 0.3) is 0 Å². The zero-order chi connectivity index (χ0) is 25.3. The van der Waals surface area contributed by atoms with Crippen molar-refractivity contribution < 1.29 is 33.3 Å². The summed E-state index contributed by atoms with van der Waals surface area (Å²) in [7, 11) is 0. The van der Waals surface area contributed by atoms with Crippen LogP contribution in [0, 0.1) is 6.92 Å². The fraction of sp³-hybridized carbons (Fsp3) is 0.400. The van der Waals surface area contributed by atoms with Crippen LogP contribution in [0.15, 0.2) is 24.3 Å². The summed E-state index contributed by atoms with van der Waals surface area (Å²) in [4.78, 5) is 37.9. The Bertz CT molecular complexity index is 1060. The molecule has 0 aliphatic rings. The molecule has 0 fully saturated rings. The van der Waals surface area contributed by atoms with Gasteiger partial charge in [0.05, 0.1) is 31.5 Å². The van der Waals surface area contributed by atoms with Gasteiger partial charge >= 0.3 is 11.9 Å². The number of hydrogen-bond acceptors (Lipinski definition) is 8. The van der Waals surface area contributed by atoms with Crippen molar-refractivity contribution >= 4 is 40.3 Å². The number of carbonyl (C=O) groups is 3. The Morgan fingerprint density at radius 1 is 1.00 bits per heavy atom. The maximum absolute atomic E-state index is 12.7. The van der Waals surface area contributed by atoms with E-state index in [-0.39, 0.29) is 28.2 Å². The second kappa shape index (κ2) is 12.8. The third-order valence-electron chi connectivity index (χ3n) is 4.39. The number of hydrogen-bond donors (Lipinski definition) is 1. The van der Waals surface area contributed by atoms with Crippen LogP contribution in [0.25, 0.3) is 6.08 Å². The Morgan fingerprint density at radius 3 is 2.29 bits per heavy atom. The van der Waals surface area contributed by atoms with Crippen LogP contribution in [0.1, 0.15) is 65.8 Å².